The van der Waals surface area contributed by atoms with Gasteiger partial charge in [-0.3, -0.25) is 4.79 Å². The molecule has 3 aromatic carbocycles. The van der Waals surface area contributed by atoms with E-state index in [0.717, 1.165) is 12.8 Å². The number of fused-ring (bicyclic) bond motifs is 1. The maximum atomic E-state index is 14.3. The Morgan fingerprint density at radius 2 is 1.65 bits per heavy atom. The number of para-hydroxylation sites is 1. The number of hydrogen-bond donors (Lipinski definition) is 4. The number of carbonyl (C=O) groups is 3. The average Bonchev–Trinajstić information content (AvgIpc) is 3.07. The first-order valence-corrected chi connectivity index (χ1v) is 16.3. The third-order valence-electron chi connectivity index (χ3n) is 8.24. The molecule has 1 aliphatic rings. The van der Waals surface area contributed by atoms with Gasteiger partial charge in [-0.05, 0) is 87.7 Å². The molecule has 12 heteroatoms. The number of hydrogen-bond acceptors (Lipinski definition) is 6. The number of aliphatic hydroxyl groups excluding tert-OH is 1. The van der Waals surface area contributed by atoms with Crippen molar-refractivity contribution < 1.29 is 33.4 Å². The predicted molar refractivity (Wildman–Crippen MR) is 184 cm³/mol. The van der Waals surface area contributed by atoms with Gasteiger partial charge >= 0.3 is 12.1 Å². The van der Waals surface area contributed by atoms with Crippen molar-refractivity contribution in [3.8, 4) is 5.75 Å². The van der Waals surface area contributed by atoms with E-state index in [1.165, 1.54) is 24.3 Å². The third-order valence-corrected chi connectivity index (χ3v) is 8.24. The Bertz CT molecular complexity index is 1510. The van der Waals surface area contributed by atoms with Crippen molar-refractivity contribution in [1.29, 1.82) is 0 Å². The van der Waals surface area contributed by atoms with Gasteiger partial charge in [0.1, 0.15) is 11.6 Å². The Balaban J connectivity index is 1.57. The fraction of sp³-hybridized carbons (Fsp3) is 0.417. The summed E-state index contributed by atoms with van der Waals surface area (Å²) in [6, 6.07) is 18.0. The Morgan fingerprint density at radius 3 is 2.35 bits per heavy atom. The minimum absolute atomic E-state index is 0.216. The van der Waals surface area contributed by atoms with Gasteiger partial charge in [0, 0.05) is 49.7 Å². The van der Waals surface area contributed by atoms with E-state index >= 15 is 0 Å². The summed E-state index contributed by atoms with van der Waals surface area (Å²) in [7, 11) is 1.70. The van der Waals surface area contributed by atoms with E-state index in [4.69, 9.17) is 9.47 Å². The molecule has 3 aromatic rings. The highest BCUT2D eigenvalue weighted by Crippen LogP contribution is 2.29. The normalized spacial score (nSPS) is 19.6. The topological polar surface area (TPSA) is 132 Å². The van der Waals surface area contributed by atoms with E-state index in [0.29, 0.717) is 35.8 Å². The summed E-state index contributed by atoms with van der Waals surface area (Å²) in [6.45, 7) is 6.34. The summed E-state index contributed by atoms with van der Waals surface area (Å²) < 4.78 is 25.9. The van der Waals surface area contributed by atoms with Gasteiger partial charge in [-0.2, -0.15) is 0 Å². The van der Waals surface area contributed by atoms with E-state index in [9.17, 15) is 23.9 Å². The van der Waals surface area contributed by atoms with Crippen LogP contribution >= 0.6 is 0 Å². The van der Waals surface area contributed by atoms with Crippen molar-refractivity contribution in [2.75, 3.05) is 49.3 Å². The summed E-state index contributed by atoms with van der Waals surface area (Å²) in [4.78, 5) is 43.2. The van der Waals surface area contributed by atoms with E-state index in [1.54, 1.807) is 42.0 Å². The molecule has 0 aromatic heterocycles. The molecule has 48 heavy (non-hydrogen) atoms. The number of likely N-dealkylation sites (N-methyl/N-ethyl adjacent to an activating group) is 1. The molecule has 5 amide bonds. The molecule has 0 saturated carbocycles. The summed E-state index contributed by atoms with van der Waals surface area (Å²) in [5.74, 6) is -0.681. The summed E-state index contributed by atoms with van der Waals surface area (Å²) in [5.41, 5.74) is 1.65. The number of aliphatic hydroxyl groups is 1. The number of halogens is 1. The average molecular weight is 664 g/mol. The van der Waals surface area contributed by atoms with Gasteiger partial charge in [0.15, 0.2) is 0 Å². The smallest absolute Gasteiger partial charge is 0.323 e. The van der Waals surface area contributed by atoms with Crippen LogP contribution in [0.4, 0.5) is 31.0 Å². The van der Waals surface area contributed by atoms with Crippen molar-refractivity contribution in [3.05, 3.63) is 84.2 Å². The largest absolute Gasteiger partial charge is 0.490 e. The van der Waals surface area contributed by atoms with Crippen molar-refractivity contribution >= 4 is 35.0 Å². The standard InChI is InChI=1S/C36H46FN5O6/c1-24-21-42(25(2)23-43)34(44)31-20-30(39-35(45)38-29-15-13-27(37)14-16-29)17-18-32(31)48-26(3)10-8-9-19-47-33(24)22-41(4)36(46)40-28-11-6-5-7-12-28/h5-7,11-18,20,24-26,33,43H,8-10,19,21-23H2,1-4H3,(H,40,46)(H2,38,39,45)/t24-,25-,26+,33-/m0/s1. The first kappa shape index (κ1) is 36.2. The summed E-state index contributed by atoms with van der Waals surface area (Å²) in [6.07, 6.45) is 1.70. The number of rotatable bonds is 7. The number of amides is 5. The number of nitrogens with zero attached hydrogens (tertiary/aromatic N) is 2. The number of benzene rings is 3. The predicted octanol–water partition coefficient (Wildman–Crippen LogP) is 6.43. The highest BCUT2D eigenvalue weighted by atomic mass is 19.1. The highest BCUT2D eigenvalue weighted by Gasteiger charge is 2.31. The third kappa shape index (κ3) is 10.4. The molecule has 11 nitrogen and oxygen atoms in total. The van der Waals surface area contributed by atoms with Gasteiger partial charge in [0.2, 0.25) is 0 Å². The fourth-order valence-electron chi connectivity index (χ4n) is 5.38. The minimum atomic E-state index is -0.571. The van der Waals surface area contributed by atoms with Crippen molar-refractivity contribution in [2.45, 2.75) is 58.3 Å². The maximum Gasteiger partial charge on any atom is 0.323 e. The van der Waals surface area contributed by atoms with E-state index in [2.05, 4.69) is 16.0 Å². The first-order valence-electron chi connectivity index (χ1n) is 16.3. The highest BCUT2D eigenvalue weighted by molar-refractivity contribution is 6.02. The quantitative estimate of drug-likeness (QED) is 0.230. The second-order valence-corrected chi connectivity index (χ2v) is 12.3. The molecule has 0 spiro atoms. The lowest BCUT2D eigenvalue weighted by molar-refractivity contribution is -0.0115. The van der Waals surface area contributed by atoms with Crippen LogP contribution in [0.5, 0.6) is 5.75 Å². The Morgan fingerprint density at radius 1 is 0.979 bits per heavy atom. The molecular formula is C36H46FN5O6. The van der Waals surface area contributed by atoms with Crippen LogP contribution in [0.3, 0.4) is 0 Å². The first-order chi connectivity index (χ1) is 23.0. The Kier molecular flexibility index (Phi) is 13.2. The number of nitrogens with one attached hydrogen (secondary N) is 3. The summed E-state index contributed by atoms with van der Waals surface area (Å²) >= 11 is 0. The van der Waals surface area contributed by atoms with Crippen LogP contribution in [0.1, 0.15) is 50.4 Å². The van der Waals surface area contributed by atoms with E-state index in [-0.39, 0.29) is 49.2 Å². The molecule has 1 aliphatic heterocycles. The zero-order valence-electron chi connectivity index (χ0n) is 27.9. The number of anilines is 3. The van der Waals surface area contributed by atoms with Crippen LogP contribution in [0.25, 0.3) is 0 Å². The van der Waals surface area contributed by atoms with Gasteiger partial charge in [0.25, 0.3) is 5.91 Å². The van der Waals surface area contributed by atoms with Crippen LogP contribution in [0, 0.1) is 11.7 Å². The lowest BCUT2D eigenvalue weighted by atomic mass is 10.0. The number of urea groups is 2. The Labute approximate surface area is 281 Å². The van der Waals surface area contributed by atoms with Crippen LogP contribution in [-0.2, 0) is 4.74 Å². The maximum absolute atomic E-state index is 14.3. The van der Waals surface area contributed by atoms with E-state index < -0.39 is 24.0 Å². The zero-order valence-corrected chi connectivity index (χ0v) is 27.9. The van der Waals surface area contributed by atoms with Crippen LogP contribution in [0.2, 0.25) is 0 Å². The molecule has 258 valence electrons. The number of carbonyl (C=O) groups excluding carboxylic acids is 3. The molecule has 4 atom stereocenters. The number of ether oxygens (including phenoxy) is 2. The van der Waals surface area contributed by atoms with Crippen molar-refractivity contribution in [2.24, 2.45) is 5.92 Å². The van der Waals surface area contributed by atoms with Gasteiger partial charge in [0.05, 0.1) is 30.4 Å². The lowest BCUT2D eigenvalue weighted by Crippen LogP contribution is -2.48. The fourth-order valence-corrected chi connectivity index (χ4v) is 5.38. The molecule has 0 radical (unpaired) electrons. The second kappa shape index (κ2) is 17.5. The molecule has 0 fully saturated rings. The Hall–Kier alpha value is -4.68. The van der Waals surface area contributed by atoms with Crippen molar-refractivity contribution in [3.63, 3.8) is 0 Å². The SMILES string of the molecule is C[C@@H]1CCCCO[C@@H](CN(C)C(=O)Nc2ccccc2)[C@@H](C)CN([C@@H](C)CO)C(=O)c2cc(NC(=O)Nc3ccc(F)cc3)ccc2O1. The minimum Gasteiger partial charge on any atom is -0.490 e. The molecule has 0 saturated heterocycles. The molecular weight excluding hydrogens is 617 g/mol. The van der Waals surface area contributed by atoms with E-state index in [1.807, 2.05) is 44.2 Å². The van der Waals surface area contributed by atoms with Crippen LogP contribution in [0.15, 0.2) is 72.8 Å². The molecule has 0 aliphatic carbocycles. The zero-order chi connectivity index (χ0) is 34.6. The van der Waals surface area contributed by atoms with Crippen LogP contribution < -0.4 is 20.7 Å². The summed E-state index contributed by atoms with van der Waals surface area (Å²) in [5, 5.41) is 18.5. The van der Waals surface area contributed by atoms with Gasteiger partial charge in [-0.1, -0.05) is 25.1 Å². The van der Waals surface area contributed by atoms with Crippen molar-refractivity contribution in [1.82, 2.24) is 9.80 Å². The molecule has 0 unspecified atom stereocenters. The molecule has 1 heterocycles. The lowest BCUT2D eigenvalue weighted by Gasteiger charge is -2.35. The second-order valence-electron chi connectivity index (χ2n) is 12.3. The molecule has 4 N–H and O–H groups in total. The van der Waals surface area contributed by atoms with Gasteiger partial charge < -0.3 is 40.3 Å². The van der Waals surface area contributed by atoms with Gasteiger partial charge in [-0.15, -0.1) is 0 Å². The monoisotopic (exact) mass is 663 g/mol. The van der Waals surface area contributed by atoms with Gasteiger partial charge in [-0.25, -0.2) is 14.0 Å². The molecule has 0 bridgehead atoms. The molecule has 4 rings (SSSR count). The van der Waals surface area contributed by atoms with Crippen LogP contribution in [-0.4, -0.2) is 84.5 Å².